The highest BCUT2D eigenvalue weighted by Crippen LogP contribution is 2.15. The zero-order chi connectivity index (χ0) is 15.9. The molecular weight excluding hydrogens is 305 g/mol. The lowest BCUT2D eigenvalue weighted by molar-refractivity contribution is -0.384. The van der Waals surface area contributed by atoms with Gasteiger partial charge in [0.25, 0.3) is 11.6 Å². The predicted octanol–water partition coefficient (Wildman–Crippen LogP) is 2.79. The van der Waals surface area contributed by atoms with Gasteiger partial charge in [0, 0.05) is 25.8 Å². The largest absolute Gasteiger partial charge is 0.279 e. The lowest BCUT2D eigenvalue weighted by Gasteiger charge is -2.07. The molecule has 112 valence electrons. The van der Waals surface area contributed by atoms with E-state index < -0.39 is 10.8 Å². The molecule has 2 aromatic rings. The number of carbonyl (C=O) groups excluding carboxylic acids is 1. The molecule has 7 nitrogen and oxygen atoms in total. The van der Waals surface area contributed by atoms with Gasteiger partial charge in [-0.25, -0.2) is 5.48 Å². The second kappa shape index (κ2) is 7.40. The summed E-state index contributed by atoms with van der Waals surface area (Å²) in [7, 11) is 0.0928. The van der Waals surface area contributed by atoms with Crippen LogP contribution in [-0.2, 0) is 11.4 Å². The number of non-ortho nitro benzene ring substituents is 1. The van der Waals surface area contributed by atoms with Gasteiger partial charge in [-0.1, -0.05) is 30.3 Å². The van der Waals surface area contributed by atoms with Crippen LogP contribution in [0.1, 0.15) is 15.9 Å². The lowest BCUT2D eigenvalue weighted by atomic mass is 10.2. The number of hydrogen-bond acceptors (Lipinski definition) is 5. The van der Waals surface area contributed by atoms with Crippen LogP contribution in [0.15, 0.2) is 48.5 Å². The van der Waals surface area contributed by atoms with Crippen molar-refractivity contribution in [3.63, 3.8) is 0 Å². The minimum Gasteiger partial charge on any atom is -0.279 e. The quantitative estimate of drug-likeness (QED) is 0.485. The van der Waals surface area contributed by atoms with E-state index in [4.69, 9.17) is 10.00 Å². The Morgan fingerprint density at radius 1 is 1.27 bits per heavy atom. The van der Waals surface area contributed by atoms with Crippen molar-refractivity contribution in [2.75, 3.05) is 0 Å². The van der Waals surface area contributed by atoms with Crippen molar-refractivity contribution in [2.24, 2.45) is 0 Å². The first-order valence-electron chi connectivity index (χ1n) is 6.24. The molecule has 0 unspecified atom stereocenters. The Balaban J connectivity index is 2.06. The first-order chi connectivity index (χ1) is 10.6. The van der Waals surface area contributed by atoms with Crippen LogP contribution in [0.25, 0.3) is 0 Å². The summed E-state index contributed by atoms with van der Waals surface area (Å²) >= 11 is 0. The summed E-state index contributed by atoms with van der Waals surface area (Å²) in [6, 6.07) is 13.0. The summed E-state index contributed by atoms with van der Waals surface area (Å²) in [4.78, 5) is 27.3. The number of hydroxylamine groups is 1. The SMILES string of the molecule is N=Pc1ccc([N+](=O)[O-])cc1C(=O)NOCc1ccccc1. The number of amides is 1. The Kier molecular flexibility index (Phi) is 5.30. The van der Waals surface area contributed by atoms with Crippen molar-refractivity contribution in [2.45, 2.75) is 6.61 Å². The van der Waals surface area contributed by atoms with Gasteiger partial charge in [0.05, 0.1) is 17.1 Å². The molecule has 0 aromatic heterocycles. The van der Waals surface area contributed by atoms with E-state index in [1.54, 1.807) is 0 Å². The smallest absolute Gasteiger partial charge is 0.276 e. The molecule has 0 radical (unpaired) electrons. The minimum atomic E-state index is -0.616. The molecule has 2 aromatic carbocycles. The van der Waals surface area contributed by atoms with Crippen LogP contribution >= 0.6 is 8.37 Å². The van der Waals surface area contributed by atoms with Crippen LogP contribution in [0.5, 0.6) is 0 Å². The first-order valence-corrected chi connectivity index (χ1v) is 7.13. The Morgan fingerprint density at radius 2 is 2.00 bits per heavy atom. The average molecular weight is 317 g/mol. The number of nitrogens with one attached hydrogen (secondary N) is 2. The molecule has 0 aliphatic rings. The van der Waals surface area contributed by atoms with E-state index >= 15 is 0 Å². The van der Waals surface area contributed by atoms with E-state index in [2.05, 4.69) is 5.48 Å². The second-order valence-corrected chi connectivity index (χ2v) is 4.98. The van der Waals surface area contributed by atoms with Crippen LogP contribution in [-0.4, -0.2) is 10.8 Å². The Hall–Kier alpha value is -2.63. The third-order valence-corrected chi connectivity index (χ3v) is 3.43. The molecule has 0 atom stereocenters. The normalized spacial score (nSPS) is 10.4. The fraction of sp³-hybridized carbons (Fsp3) is 0.0714. The maximum atomic E-state index is 12.0. The van der Waals surface area contributed by atoms with Crippen molar-refractivity contribution in [1.29, 1.82) is 5.16 Å². The molecule has 1 amide bonds. The molecule has 0 saturated carbocycles. The molecule has 0 aliphatic carbocycles. The molecule has 0 saturated heterocycles. The van der Waals surface area contributed by atoms with Crippen LogP contribution in [0, 0.1) is 15.3 Å². The summed E-state index contributed by atoms with van der Waals surface area (Å²) in [5.74, 6) is -0.616. The van der Waals surface area contributed by atoms with Crippen LogP contribution in [0.2, 0.25) is 0 Å². The molecule has 2 N–H and O–H groups in total. The molecule has 0 aliphatic heterocycles. The molecule has 22 heavy (non-hydrogen) atoms. The molecule has 2 rings (SSSR count). The monoisotopic (exact) mass is 317 g/mol. The predicted molar refractivity (Wildman–Crippen MR) is 81.1 cm³/mol. The van der Waals surface area contributed by atoms with Gasteiger partial charge in [0.1, 0.15) is 0 Å². The highest BCUT2D eigenvalue weighted by atomic mass is 31.1. The summed E-state index contributed by atoms with van der Waals surface area (Å²) < 4.78 is 0. The summed E-state index contributed by atoms with van der Waals surface area (Å²) in [6.07, 6.45) is 0. The third kappa shape index (κ3) is 3.94. The zero-order valence-electron chi connectivity index (χ0n) is 11.4. The van der Waals surface area contributed by atoms with Gasteiger partial charge in [-0.3, -0.25) is 24.9 Å². The topological polar surface area (TPSA) is 105 Å². The van der Waals surface area contributed by atoms with Crippen molar-refractivity contribution in [3.05, 3.63) is 69.8 Å². The number of nitro groups is 1. The van der Waals surface area contributed by atoms with E-state index in [1.165, 1.54) is 12.1 Å². The second-order valence-electron chi connectivity index (χ2n) is 4.28. The maximum absolute atomic E-state index is 12.0. The van der Waals surface area contributed by atoms with Gasteiger partial charge in [0.2, 0.25) is 0 Å². The summed E-state index contributed by atoms with van der Waals surface area (Å²) in [6.45, 7) is 0.176. The van der Waals surface area contributed by atoms with Gasteiger partial charge >= 0.3 is 0 Å². The van der Waals surface area contributed by atoms with Gasteiger partial charge in [-0.15, -0.1) is 0 Å². The van der Waals surface area contributed by atoms with Crippen molar-refractivity contribution < 1.29 is 14.6 Å². The van der Waals surface area contributed by atoms with Crippen molar-refractivity contribution in [1.82, 2.24) is 5.48 Å². The molecule has 0 fully saturated rings. The highest BCUT2D eigenvalue weighted by molar-refractivity contribution is 7.35. The third-order valence-electron chi connectivity index (χ3n) is 2.80. The molecule has 0 spiro atoms. The Bertz CT molecular complexity index is 706. The Labute approximate surface area is 127 Å². The number of benzene rings is 2. The molecule has 0 bridgehead atoms. The van der Waals surface area contributed by atoms with Crippen molar-refractivity contribution >= 4 is 25.3 Å². The van der Waals surface area contributed by atoms with E-state index in [-0.39, 0.29) is 26.2 Å². The number of carbonyl (C=O) groups is 1. The zero-order valence-corrected chi connectivity index (χ0v) is 12.2. The maximum Gasteiger partial charge on any atom is 0.276 e. The van der Waals surface area contributed by atoms with E-state index in [0.29, 0.717) is 5.30 Å². The van der Waals surface area contributed by atoms with E-state index in [0.717, 1.165) is 11.6 Å². The van der Waals surface area contributed by atoms with Crippen molar-refractivity contribution in [3.8, 4) is 0 Å². The van der Waals surface area contributed by atoms with Gasteiger partial charge in [-0.05, 0) is 11.6 Å². The summed E-state index contributed by atoms with van der Waals surface area (Å²) in [5.41, 5.74) is 2.96. The minimum absolute atomic E-state index is 0.0546. The number of hydrogen-bond donors (Lipinski definition) is 2. The number of nitrogens with zero attached hydrogens (tertiary/aromatic N) is 1. The van der Waals surface area contributed by atoms with Gasteiger partial charge in [-0.2, -0.15) is 0 Å². The summed E-state index contributed by atoms with van der Waals surface area (Å²) in [5, 5.41) is 18.5. The van der Waals surface area contributed by atoms with E-state index in [9.17, 15) is 14.9 Å². The molecule has 0 heterocycles. The average Bonchev–Trinajstić information content (AvgIpc) is 2.55. The Morgan fingerprint density at radius 3 is 2.64 bits per heavy atom. The van der Waals surface area contributed by atoms with Crippen LogP contribution in [0.4, 0.5) is 5.69 Å². The van der Waals surface area contributed by atoms with Gasteiger partial charge in [0.15, 0.2) is 0 Å². The fourth-order valence-electron chi connectivity index (χ4n) is 1.73. The van der Waals surface area contributed by atoms with Crippen LogP contribution < -0.4 is 10.8 Å². The van der Waals surface area contributed by atoms with Gasteiger partial charge < -0.3 is 0 Å². The number of rotatable bonds is 6. The van der Waals surface area contributed by atoms with E-state index in [1.807, 2.05) is 30.3 Å². The molecular formula is C14H12N3O4P. The highest BCUT2D eigenvalue weighted by Gasteiger charge is 2.16. The first kappa shape index (κ1) is 15.8. The fourth-order valence-corrected chi connectivity index (χ4v) is 2.17. The number of nitro benzene ring substituents is 1. The lowest BCUT2D eigenvalue weighted by Crippen LogP contribution is -2.27. The van der Waals surface area contributed by atoms with Crippen LogP contribution in [0.3, 0.4) is 0 Å². The molecule has 8 heteroatoms. The standard InChI is InChI=1S/C14H12N3O4P/c15-22-13-7-6-11(17(19)20)8-12(13)14(18)16-21-9-10-4-2-1-3-5-10/h1-8,15H,9H2,(H,16,18).